The quantitative estimate of drug-likeness (QED) is 0.838. The fraction of sp³-hybridized carbons (Fsp3) is 0.733. The molecule has 1 aromatic heterocycles. The lowest BCUT2D eigenvalue weighted by Gasteiger charge is -2.22. The molecule has 1 amide bonds. The second-order valence-electron chi connectivity index (χ2n) is 5.44. The van der Waals surface area contributed by atoms with E-state index in [1.165, 1.54) is 19.4 Å². The first-order valence-corrected chi connectivity index (χ1v) is 8.70. The van der Waals surface area contributed by atoms with E-state index < -0.39 is 0 Å². The molecule has 2 heterocycles. The van der Waals surface area contributed by atoms with Crippen molar-refractivity contribution in [2.24, 2.45) is 0 Å². The zero-order valence-corrected chi connectivity index (χ0v) is 14.1. The van der Waals surface area contributed by atoms with Gasteiger partial charge in [0.1, 0.15) is 0 Å². The predicted molar refractivity (Wildman–Crippen MR) is 87.8 cm³/mol. The Hall–Kier alpha value is -0.980. The number of nitrogens with zero attached hydrogens (tertiary/aromatic N) is 3. The summed E-state index contributed by atoms with van der Waals surface area (Å²) in [5.74, 6) is 0.0518. The van der Waals surface area contributed by atoms with Crippen molar-refractivity contribution in [3.8, 4) is 0 Å². The largest absolute Gasteiger partial charge is 0.310 e. The van der Waals surface area contributed by atoms with Crippen molar-refractivity contribution in [3.05, 3.63) is 11.1 Å². The third-order valence-corrected chi connectivity index (χ3v) is 4.97. The standard InChI is InChI=1S/C15H26N4OS/c1-4-18-8-6-7-14(18)10-16-9-13-11-21-15(17-13)19(5-2)12(3)20/h11,14,16H,4-10H2,1-3H3. The van der Waals surface area contributed by atoms with Crippen LogP contribution < -0.4 is 10.2 Å². The Morgan fingerprint density at radius 1 is 1.57 bits per heavy atom. The number of aromatic nitrogens is 1. The Morgan fingerprint density at radius 3 is 3.05 bits per heavy atom. The molecule has 118 valence electrons. The number of nitrogens with one attached hydrogen (secondary N) is 1. The van der Waals surface area contributed by atoms with E-state index in [4.69, 9.17) is 0 Å². The maximum Gasteiger partial charge on any atom is 0.225 e. The average Bonchev–Trinajstić information content (AvgIpc) is 3.08. The highest BCUT2D eigenvalue weighted by Crippen LogP contribution is 2.21. The molecule has 1 aliphatic rings. The van der Waals surface area contributed by atoms with Gasteiger partial charge in [-0.25, -0.2) is 4.98 Å². The van der Waals surface area contributed by atoms with Gasteiger partial charge < -0.3 is 5.32 Å². The van der Waals surface area contributed by atoms with Crippen LogP contribution in [0.25, 0.3) is 0 Å². The van der Waals surface area contributed by atoms with Gasteiger partial charge in [0.25, 0.3) is 0 Å². The van der Waals surface area contributed by atoms with Crippen molar-refractivity contribution in [2.45, 2.75) is 46.2 Å². The molecular formula is C15H26N4OS. The molecule has 1 unspecified atom stereocenters. The number of amides is 1. The van der Waals surface area contributed by atoms with Gasteiger partial charge in [-0.3, -0.25) is 14.6 Å². The highest BCUT2D eigenvalue weighted by molar-refractivity contribution is 7.14. The Kier molecular flexibility index (Phi) is 6.14. The molecule has 2 rings (SSSR count). The van der Waals surface area contributed by atoms with E-state index in [-0.39, 0.29) is 5.91 Å². The van der Waals surface area contributed by atoms with E-state index in [1.807, 2.05) is 12.3 Å². The monoisotopic (exact) mass is 310 g/mol. The van der Waals surface area contributed by atoms with Crippen LogP contribution in [0.1, 0.15) is 39.3 Å². The van der Waals surface area contributed by atoms with E-state index >= 15 is 0 Å². The summed E-state index contributed by atoms with van der Waals surface area (Å²) in [6.07, 6.45) is 2.60. The molecule has 1 N–H and O–H groups in total. The molecule has 1 saturated heterocycles. The van der Waals surface area contributed by atoms with Crippen LogP contribution in [0.15, 0.2) is 5.38 Å². The fourth-order valence-electron chi connectivity index (χ4n) is 2.90. The van der Waals surface area contributed by atoms with Gasteiger partial charge in [0.05, 0.1) is 5.69 Å². The lowest BCUT2D eigenvalue weighted by Crippen LogP contribution is -2.37. The summed E-state index contributed by atoms with van der Waals surface area (Å²) < 4.78 is 0. The highest BCUT2D eigenvalue weighted by atomic mass is 32.1. The molecule has 1 fully saturated rings. The smallest absolute Gasteiger partial charge is 0.225 e. The summed E-state index contributed by atoms with van der Waals surface area (Å²) in [4.78, 5) is 20.3. The van der Waals surface area contributed by atoms with Crippen molar-refractivity contribution in [1.29, 1.82) is 0 Å². The Bertz CT molecular complexity index is 462. The van der Waals surface area contributed by atoms with Crippen LogP contribution in [0.2, 0.25) is 0 Å². The second kappa shape index (κ2) is 7.87. The van der Waals surface area contributed by atoms with Gasteiger partial charge >= 0.3 is 0 Å². The highest BCUT2D eigenvalue weighted by Gasteiger charge is 2.22. The molecule has 0 bridgehead atoms. The van der Waals surface area contributed by atoms with Gasteiger partial charge in [-0.2, -0.15) is 0 Å². The average molecular weight is 310 g/mol. The van der Waals surface area contributed by atoms with Crippen molar-refractivity contribution in [2.75, 3.05) is 31.1 Å². The van der Waals surface area contributed by atoms with Gasteiger partial charge in [0, 0.05) is 38.0 Å². The van der Waals surface area contributed by atoms with E-state index in [0.717, 1.165) is 30.5 Å². The minimum Gasteiger partial charge on any atom is -0.310 e. The molecular weight excluding hydrogens is 284 g/mol. The third-order valence-electron chi connectivity index (χ3n) is 4.06. The molecule has 0 aromatic carbocycles. The predicted octanol–water partition coefficient (Wildman–Crippen LogP) is 2.09. The lowest BCUT2D eigenvalue weighted by atomic mass is 10.2. The van der Waals surface area contributed by atoms with Crippen LogP contribution in [-0.4, -0.2) is 48.0 Å². The molecule has 1 atom stereocenters. The summed E-state index contributed by atoms with van der Waals surface area (Å²) in [5, 5.41) is 6.35. The first-order valence-electron chi connectivity index (χ1n) is 7.83. The number of carbonyl (C=O) groups excluding carboxylic acids is 1. The van der Waals surface area contributed by atoms with Crippen LogP contribution in [0, 0.1) is 0 Å². The first-order chi connectivity index (χ1) is 10.2. The summed E-state index contributed by atoms with van der Waals surface area (Å²) in [6.45, 7) is 10.6. The van der Waals surface area contributed by atoms with Crippen molar-refractivity contribution >= 4 is 22.4 Å². The number of hydrogen-bond donors (Lipinski definition) is 1. The summed E-state index contributed by atoms with van der Waals surface area (Å²) in [6, 6.07) is 0.664. The number of likely N-dealkylation sites (tertiary alicyclic amines) is 1. The second-order valence-corrected chi connectivity index (χ2v) is 6.28. The fourth-order valence-corrected chi connectivity index (χ4v) is 3.84. The van der Waals surface area contributed by atoms with Gasteiger partial charge in [0.2, 0.25) is 5.91 Å². The van der Waals surface area contributed by atoms with Crippen LogP contribution in [0.5, 0.6) is 0 Å². The molecule has 5 nitrogen and oxygen atoms in total. The van der Waals surface area contributed by atoms with Crippen molar-refractivity contribution < 1.29 is 4.79 Å². The summed E-state index contributed by atoms with van der Waals surface area (Å²) in [7, 11) is 0. The van der Waals surface area contributed by atoms with Crippen molar-refractivity contribution in [1.82, 2.24) is 15.2 Å². The summed E-state index contributed by atoms with van der Waals surface area (Å²) in [5.41, 5.74) is 1.02. The molecule has 1 aliphatic heterocycles. The van der Waals surface area contributed by atoms with Crippen LogP contribution in [0.3, 0.4) is 0 Å². The van der Waals surface area contributed by atoms with Crippen LogP contribution in [0.4, 0.5) is 5.13 Å². The first kappa shape index (κ1) is 16.4. The number of carbonyl (C=O) groups is 1. The van der Waals surface area contributed by atoms with Crippen LogP contribution >= 0.6 is 11.3 Å². The number of anilines is 1. The maximum atomic E-state index is 11.5. The third kappa shape index (κ3) is 4.25. The normalized spacial score (nSPS) is 19.1. The molecule has 21 heavy (non-hydrogen) atoms. The molecule has 0 saturated carbocycles. The SMILES string of the molecule is CCN(C(C)=O)c1nc(CNCC2CCCN2CC)cs1. The van der Waals surface area contributed by atoms with Gasteiger partial charge in [0.15, 0.2) is 5.13 Å². The van der Waals surface area contributed by atoms with Gasteiger partial charge in [-0.15, -0.1) is 11.3 Å². The molecule has 0 radical (unpaired) electrons. The number of thiazole rings is 1. The zero-order valence-electron chi connectivity index (χ0n) is 13.3. The Balaban J connectivity index is 1.81. The molecule has 0 aliphatic carbocycles. The van der Waals surface area contributed by atoms with Gasteiger partial charge in [-0.1, -0.05) is 6.92 Å². The minimum absolute atomic E-state index is 0.0518. The van der Waals surface area contributed by atoms with Crippen LogP contribution in [-0.2, 0) is 11.3 Å². The van der Waals surface area contributed by atoms with E-state index in [0.29, 0.717) is 12.6 Å². The van der Waals surface area contributed by atoms with Gasteiger partial charge in [-0.05, 0) is 32.9 Å². The molecule has 0 spiro atoms. The number of hydrogen-bond acceptors (Lipinski definition) is 5. The lowest BCUT2D eigenvalue weighted by molar-refractivity contribution is -0.116. The Morgan fingerprint density at radius 2 is 2.38 bits per heavy atom. The molecule has 6 heteroatoms. The minimum atomic E-state index is 0.0518. The summed E-state index contributed by atoms with van der Waals surface area (Å²) >= 11 is 1.54. The topological polar surface area (TPSA) is 48.5 Å². The molecule has 1 aromatic rings. The number of rotatable bonds is 7. The van der Waals surface area contributed by atoms with E-state index in [2.05, 4.69) is 22.1 Å². The van der Waals surface area contributed by atoms with E-state index in [9.17, 15) is 4.79 Å². The zero-order chi connectivity index (χ0) is 15.2. The number of likely N-dealkylation sites (N-methyl/N-ethyl adjacent to an activating group) is 1. The van der Waals surface area contributed by atoms with Crippen molar-refractivity contribution in [3.63, 3.8) is 0 Å². The Labute approximate surface area is 131 Å². The maximum absolute atomic E-state index is 11.5. The van der Waals surface area contributed by atoms with E-state index in [1.54, 1.807) is 23.2 Å².